The third-order valence-electron chi connectivity index (χ3n) is 5.79. The van der Waals surface area contributed by atoms with Crippen LogP contribution in [0, 0.1) is 13.8 Å². The Morgan fingerprint density at radius 3 is 2.41 bits per heavy atom. The summed E-state index contributed by atoms with van der Waals surface area (Å²) in [4.78, 5) is 51.1. The molecule has 9 heteroatoms. The molecule has 0 atom stereocenters. The molecule has 0 spiro atoms. The minimum absolute atomic E-state index is 0.178. The second-order valence-electron chi connectivity index (χ2n) is 8.33. The molecule has 4 rings (SSSR count). The number of barbiturate groups is 1. The van der Waals surface area contributed by atoms with E-state index in [0.29, 0.717) is 28.4 Å². The summed E-state index contributed by atoms with van der Waals surface area (Å²) in [7, 11) is 1.52. The standard InChI is InChI=1S/C28H25N3O6/c1-17-8-11-20(14-18(17)2)31-27(34)22(26(33)30-28(31)35)15-19-9-12-21(13-10-19)37-16-25(32)29-23-6-4-5-7-24(23)36-3/h4-15H,16H2,1-3H3,(H,29,32)(H,30,33,35). The highest BCUT2D eigenvalue weighted by atomic mass is 16.5. The first-order chi connectivity index (χ1) is 17.8. The number of nitrogens with one attached hydrogen (secondary N) is 2. The number of urea groups is 1. The molecular weight excluding hydrogens is 474 g/mol. The van der Waals surface area contributed by atoms with Crippen LogP contribution < -0.4 is 25.0 Å². The number of aryl methyl sites for hydroxylation is 2. The van der Waals surface area contributed by atoms with E-state index >= 15 is 0 Å². The van der Waals surface area contributed by atoms with Crippen molar-refractivity contribution in [2.24, 2.45) is 0 Å². The molecule has 1 aliphatic rings. The number of rotatable bonds is 7. The van der Waals surface area contributed by atoms with Gasteiger partial charge in [0.2, 0.25) is 0 Å². The molecule has 1 fully saturated rings. The monoisotopic (exact) mass is 499 g/mol. The summed E-state index contributed by atoms with van der Waals surface area (Å²) in [6.07, 6.45) is 1.40. The van der Waals surface area contributed by atoms with Gasteiger partial charge >= 0.3 is 6.03 Å². The SMILES string of the molecule is COc1ccccc1NC(=O)COc1ccc(C=C2C(=O)NC(=O)N(c3ccc(C)c(C)c3)C2=O)cc1. The first-order valence-corrected chi connectivity index (χ1v) is 11.4. The third-order valence-corrected chi connectivity index (χ3v) is 5.79. The highest BCUT2D eigenvalue weighted by Gasteiger charge is 2.36. The molecule has 0 unspecified atom stereocenters. The van der Waals surface area contributed by atoms with E-state index in [9.17, 15) is 19.2 Å². The first-order valence-electron chi connectivity index (χ1n) is 11.4. The summed E-state index contributed by atoms with van der Waals surface area (Å²) in [5.74, 6) is -0.902. The molecule has 2 N–H and O–H groups in total. The van der Waals surface area contributed by atoms with E-state index in [-0.39, 0.29) is 18.1 Å². The maximum absolute atomic E-state index is 13.1. The number of carbonyl (C=O) groups is 4. The fourth-order valence-electron chi connectivity index (χ4n) is 3.67. The number of anilines is 2. The van der Waals surface area contributed by atoms with Gasteiger partial charge in [0.25, 0.3) is 17.7 Å². The molecular formula is C28H25N3O6. The lowest BCUT2D eigenvalue weighted by atomic mass is 10.1. The average molecular weight is 500 g/mol. The summed E-state index contributed by atoms with van der Waals surface area (Å²) in [5, 5.41) is 4.94. The first kappa shape index (κ1) is 25.2. The Morgan fingerprint density at radius 1 is 0.973 bits per heavy atom. The highest BCUT2D eigenvalue weighted by molar-refractivity contribution is 6.39. The molecule has 1 aliphatic heterocycles. The van der Waals surface area contributed by atoms with Crippen LogP contribution in [0.25, 0.3) is 6.08 Å². The summed E-state index contributed by atoms with van der Waals surface area (Å²) in [6, 6.07) is 17.9. The van der Waals surface area contributed by atoms with E-state index in [1.54, 1.807) is 66.7 Å². The summed E-state index contributed by atoms with van der Waals surface area (Å²) < 4.78 is 10.7. The molecule has 188 valence electrons. The van der Waals surface area contributed by atoms with Crippen LogP contribution in [0.15, 0.2) is 72.3 Å². The summed E-state index contributed by atoms with van der Waals surface area (Å²) >= 11 is 0. The predicted octanol–water partition coefficient (Wildman–Crippen LogP) is 4.00. The second kappa shape index (κ2) is 10.8. The molecule has 0 aromatic heterocycles. The minimum atomic E-state index is -0.800. The number of benzene rings is 3. The fraction of sp³-hybridized carbons (Fsp3) is 0.143. The number of amides is 5. The van der Waals surface area contributed by atoms with Crippen molar-refractivity contribution in [2.45, 2.75) is 13.8 Å². The highest BCUT2D eigenvalue weighted by Crippen LogP contribution is 2.25. The number of imide groups is 2. The van der Waals surface area contributed by atoms with Gasteiger partial charge in [-0.3, -0.25) is 19.7 Å². The van der Waals surface area contributed by atoms with Crippen LogP contribution in [0.4, 0.5) is 16.2 Å². The van der Waals surface area contributed by atoms with Crippen molar-refractivity contribution in [1.82, 2.24) is 5.32 Å². The number of ether oxygens (including phenoxy) is 2. The Bertz CT molecular complexity index is 1410. The van der Waals surface area contributed by atoms with Gasteiger partial charge in [0.1, 0.15) is 17.1 Å². The number of hydrogen-bond acceptors (Lipinski definition) is 6. The Balaban J connectivity index is 1.44. The van der Waals surface area contributed by atoms with E-state index in [4.69, 9.17) is 9.47 Å². The van der Waals surface area contributed by atoms with Crippen LogP contribution >= 0.6 is 0 Å². The zero-order valence-electron chi connectivity index (χ0n) is 20.5. The van der Waals surface area contributed by atoms with Gasteiger partial charge in [-0.1, -0.05) is 30.3 Å². The van der Waals surface area contributed by atoms with Gasteiger partial charge in [0, 0.05) is 0 Å². The molecule has 37 heavy (non-hydrogen) atoms. The van der Waals surface area contributed by atoms with Crippen LogP contribution in [0.2, 0.25) is 0 Å². The molecule has 1 saturated heterocycles. The summed E-state index contributed by atoms with van der Waals surface area (Å²) in [5.41, 5.74) is 3.19. The van der Waals surface area contributed by atoms with E-state index in [1.807, 2.05) is 13.8 Å². The predicted molar refractivity (Wildman–Crippen MR) is 138 cm³/mol. The number of carbonyl (C=O) groups excluding carboxylic acids is 4. The van der Waals surface area contributed by atoms with Crippen LogP contribution in [0.3, 0.4) is 0 Å². The smallest absolute Gasteiger partial charge is 0.335 e. The van der Waals surface area contributed by atoms with E-state index < -0.39 is 17.8 Å². The minimum Gasteiger partial charge on any atom is -0.495 e. The quantitative estimate of drug-likeness (QED) is 0.375. The van der Waals surface area contributed by atoms with E-state index in [2.05, 4.69) is 10.6 Å². The van der Waals surface area contributed by atoms with Gasteiger partial charge in [-0.2, -0.15) is 0 Å². The van der Waals surface area contributed by atoms with Crippen LogP contribution in [0.5, 0.6) is 11.5 Å². The third kappa shape index (κ3) is 5.67. The van der Waals surface area contributed by atoms with Gasteiger partial charge in [-0.25, -0.2) is 9.69 Å². The Kier molecular flexibility index (Phi) is 7.34. The van der Waals surface area contributed by atoms with Crippen molar-refractivity contribution >= 4 is 41.2 Å². The van der Waals surface area contributed by atoms with Gasteiger partial charge < -0.3 is 14.8 Å². The molecule has 3 aromatic rings. The van der Waals surface area contributed by atoms with Crippen LogP contribution in [0.1, 0.15) is 16.7 Å². The van der Waals surface area contributed by atoms with Crippen LogP contribution in [-0.2, 0) is 14.4 Å². The van der Waals surface area contributed by atoms with Gasteiger partial charge in [-0.15, -0.1) is 0 Å². The van der Waals surface area contributed by atoms with Gasteiger partial charge in [-0.05, 0) is 73.0 Å². The lowest BCUT2D eigenvalue weighted by molar-refractivity contribution is -0.122. The van der Waals surface area contributed by atoms with Gasteiger partial charge in [0.15, 0.2) is 6.61 Å². The Hall–Kier alpha value is -4.92. The maximum atomic E-state index is 13.1. The fourth-order valence-corrected chi connectivity index (χ4v) is 3.67. The number of para-hydroxylation sites is 2. The maximum Gasteiger partial charge on any atom is 0.335 e. The normalized spacial score (nSPS) is 14.4. The second-order valence-corrected chi connectivity index (χ2v) is 8.33. The Labute approximate surface area is 213 Å². The van der Waals surface area contributed by atoms with Crippen LogP contribution in [-0.4, -0.2) is 37.5 Å². The van der Waals surface area contributed by atoms with Crippen molar-refractivity contribution < 1.29 is 28.7 Å². The molecule has 9 nitrogen and oxygen atoms in total. The molecule has 0 saturated carbocycles. The van der Waals surface area contributed by atoms with E-state index in [1.165, 1.54) is 13.2 Å². The van der Waals surface area contributed by atoms with Crippen molar-refractivity contribution in [2.75, 3.05) is 23.9 Å². The van der Waals surface area contributed by atoms with Gasteiger partial charge in [0.05, 0.1) is 18.5 Å². The van der Waals surface area contributed by atoms with E-state index in [0.717, 1.165) is 16.0 Å². The largest absolute Gasteiger partial charge is 0.495 e. The molecule has 5 amide bonds. The Morgan fingerprint density at radius 2 is 1.70 bits per heavy atom. The molecule has 3 aromatic carbocycles. The zero-order valence-corrected chi connectivity index (χ0v) is 20.5. The van der Waals surface area contributed by atoms with Crippen molar-refractivity contribution in [3.8, 4) is 11.5 Å². The van der Waals surface area contributed by atoms with Crippen molar-refractivity contribution in [3.63, 3.8) is 0 Å². The topological polar surface area (TPSA) is 114 Å². The number of hydrogen-bond donors (Lipinski definition) is 2. The average Bonchev–Trinajstić information content (AvgIpc) is 2.88. The molecule has 0 radical (unpaired) electrons. The van der Waals surface area contributed by atoms with Crippen molar-refractivity contribution in [3.05, 3.63) is 89.0 Å². The number of methoxy groups -OCH3 is 1. The van der Waals surface area contributed by atoms with Crippen molar-refractivity contribution in [1.29, 1.82) is 0 Å². The molecule has 0 bridgehead atoms. The zero-order chi connectivity index (χ0) is 26.5. The lowest BCUT2D eigenvalue weighted by Gasteiger charge is -2.26. The lowest BCUT2D eigenvalue weighted by Crippen LogP contribution is -2.54. The number of nitrogens with zero attached hydrogens (tertiary/aromatic N) is 1. The summed E-state index contributed by atoms with van der Waals surface area (Å²) in [6.45, 7) is 3.57. The molecule has 1 heterocycles. The molecule has 0 aliphatic carbocycles.